The van der Waals surface area contributed by atoms with Gasteiger partial charge in [-0.1, -0.05) is 6.92 Å². The van der Waals surface area contributed by atoms with E-state index >= 15 is 0 Å². The maximum atomic E-state index is 13.3. The van der Waals surface area contributed by atoms with Gasteiger partial charge in [0.25, 0.3) is 11.8 Å². The molecule has 0 fully saturated rings. The van der Waals surface area contributed by atoms with E-state index in [1.807, 2.05) is 13.0 Å². The Kier molecular flexibility index (Phi) is 5.79. The summed E-state index contributed by atoms with van der Waals surface area (Å²) in [5.41, 5.74) is 3.54. The number of thiophene rings is 2. The molecular formula is C22H27N3O2S2. The molecule has 0 aliphatic heterocycles. The first-order valence-electron chi connectivity index (χ1n) is 10.3. The van der Waals surface area contributed by atoms with Gasteiger partial charge in [0.05, 0.1) is 15.8 Å². The van der Waals surface area contributed by atoms with Crippen LogP contribution in [0.3, 0.4) is 0 Å². The van der Waals surface area contributed by atoms with E-state index in [-0.39, 0.29) is 17.9 Å². The summed E-state index contributed by atoms with van der Waals surface area (Å²) < 4.78 is 3.18. The molecule has 0 saturated carbocycles. The molecular weight excluding hydrogens is 402 g/mol. The molecule has 0 atom stereocenters. The van der Waals surface area contributed by atoms with Gasteiger partial charge in [-0.3, -0.25) is 9.59 Å². The Morgan fingerprint density at radius 3 is 2.76 bits per heavy atom. The summed E-state index contributed by atoms with van der Waals surface area (Å²) in [6.07, 6.45) is 5.02. The molecule has 5 nitrogen and oxygen atoms in total. The fraction of sp³-hybridized carbons (Fsp3) is 0.455. The summed E-state index contributed by atoms with van der Waals surface area (Å²) in [6, 6.07) is 4.19. The predicted octanol–water partition coefficient (Wildman–Crippen LogP) is 5.62. The number of hydrogen-bond donors (Lipinski definition) is 2. The average molecular weight is 430 g/mol. The summed E-state index contributed by atoms with van der Waals surface area (Å²) in [5.74, 6) is -0.216. The molecule has 0 unspecified atom stereocenters. The maximum Gasteiger partial charge on any atom is 0.272 e. The molecule has 4 rings (SSSR count). The van der Waals surface area contributed by atoms with Crippen molar-refractivity contribution in [2.45, 2.75) is 58.9 Å². The molecule has 154 valence electrons. The zero-order valence-corrected chi connectivity index (χ0v) is 18.8. The molecule has 29 heavy (non-hydrogen) atoms. The van der Waals surface area contributed by atoms with Gasteiger partial charge in [0, 0.05) is 17.5 Å². The number of carbonyl (C=O) groups excluding carboxylic acids is 2. The highest BCUT2D eigenvalue weighted by molar-refractivity contribution is 7.17. The van der Waals surface area contributed by atoms with Crippen molar-refractivity contribution in [1.29, 1.82) is 0 Å². The summed E-state index contributed by atoms with van der Waals surface area (Å²) in [4.78, 5) is 27.4. The van der Waals surface area contributed by atoms with Crippen LogP contribution in [0, 0.1) is 0 Å². The highest BCUT2D eigenvalue weighted by Gasteiger charge is 2.27. The van der Waals surface area contributed by atoms with Crippen molar-refractivity contribution >= 4 is 49.7 Å². The summed E-state index contributed by atoms with van der Waals surface area (Å²) in [6.45, 7) is 6.85. The Morgan fingerprint density at radius 1 is 1.21 bits per heavy atom. The average Bonchev–Trinajstić information content (AvgIpc) is 3.37. The van der Waals surface area contributed by atoms with Crippen LogP contribution in [-0.4, -0.2) is 22.9 Å². The number of anilines is 1. The molecule has 2 amide bonds. The minimum atomic E-state index is -0.148. The predicted molar refractivity (Wildman–Crippen MR) is 122 cm³/mol. The zero-order valence-electron chi connectivity index (χ0n) is 17.1. The van der Waals surface area contributed by atoms with Gasteiger partial charge in [0.15, 0.2) is 0 Å². The number of hydrogen-bond acceptors (Lipinski definition) is 4. The SMILES string of the molecule is CCCNC(=O)c1c(NC(=O)c2cc3sccc3n2C(C)C)sc2c1CCCC2. The van der Waals surface area contributed by atoms with Crippen LogP contribution in [0.1, 0.15) is 77.4 Å². The molecule has 3 aromatic rings. The van der Waals surface area contributed by atoms with E-state index in [1.54, 1.807) is 22.7 Å². The summed E-state index contributed by atoms with van der Waals surface area (Å²) in [7, 11) is 0. The van der Waals surface area contributed by atoms with Gasteiger partial charge in [-0.2, -0.15) is 0 Å². The minimum Gasteiger partial charge on any atom is -0.352 e. The highest BCUT2D eigenvalue weighted by Crippen LogP contribution is 2.39. The van der Waals surface area contributed by atoms with E-state index < -0.39 is 0 Å². The zero-order chi connectivity index (χ0) is 20.5. The number of rotatable bonds is 6. The second kappa shape index (κ2) is 8.32. The molecule has 3 aromatic heterocycles. The van der Waals surface area contributed by atoms with Gasteiger partial charge in [-0.15, -0.1) is 22.7 Å². The molecule has 2 N–H and O–H groups in total. The van der Waals surface area contributed by atoms with Crippen LogP contribution in [0.4, 0.5) is 5.00 Å². The quantitative estimate of drug-likeness (QED) is 0.534. The Hall–Kier alpha value is -2.12. The number of amides is 2. The summed E-state index contributed by atoms with van der Waals surface area (Å²) in [5, 5.41) is 8.83. The van der Waals surface area contributed by atoms with Crippen LogP contribution in [0.25, 0.3) is 10.2 Å². The van der Waals surface area contributed by atoms with Crippen LogP contribution >= 0.6 is 22.7 Å². The van der Waals surface area contributed by atoms with E-state index in [0.717, 1.165) is 47.9 Å². The molecule has 0 saturated heterocycles. The third kappa shape index (κ3) is 3.73. The Labute approximate surface area is 179 Å². The smallest absolute Gasteiger partial charge is 0.272 e. The van der Waals surface area contributed by atoms with E-state index in [9.17, 15) is 9.59 Å². The van der Waals surface area contributed by atoms with E-state index in [1.165, 1.54) is 4.88 Å². The van der Waals surface area contributed by atoms with Gasteiger partial charge >= 0.3 is 0 Å². The first-order chi connectivity index (χ1) is 14.0. The second-order valence-electron chi connectivity index (χ2n) is 7.79. The summed E-state index contributed by atoms with van der Waals surface area (Å²) >= 11 is 3.21. The topological polar surface area (TPSA) is 63.1 Å². The van der Waals surface area contributed by atoms with Gasteiger partial charge in [-0.05, 0) is 69.0 Å². The van der Waals surface area contributed by atoms with Crippen molar-refractivity contribution in [3.63, 3.8) is 0 Å². The number of aryl methyl sites for hydroxylation is 1. The lowest BCUT2D eigenvalue weighted by atomic mass is 9.95. The maximum absolute atomic E-state index is 13.3. The Bertz CT molecular complexity index is 1060. The van der Waals surface area contributed by atoms with Crippen LogP contribution in [0.15, 0.2) is 17.5 Å². The fourth-order valence-corrected chi connectivity index (χ4v) is 6.16. The monoisotopic (exact) mass is 429 g/mol. The second-order valence-corrected chi connectivity index (χ2v) is 9.84. The molecule has 3 heterocycles. The van der Waals surface area contributed by atoms with Crippen LogP contribution in [0.5, 0.6) is 0 Å². The molecule has 1 aliphatic carbocycles. The van der Waals surface area contributed by atoms with Crippen molar-refractivity contribution in [2.24, 2.45) is 0 Å². The van der Waals surface area contributed by atoms with Crippen molar-refractivity contribution in [3.8, 4) is 0 Å². The van der Waals surface area contributed by atoms with Crippen molar-refractivity contribution in [2.75, 3.05) is 11.9 Å². The number of nitrogens with zero attached hydrogens (tertiary/aromatic N) is 1. The van der Waals surface area contributed by atoms with E-state index in [2.05, 4.69) is 40.5 Å². The molecule has 0 bridgehead atoms. The lowest BCUT2D eigenvalue weighted by Crippen LogP contribution is -2.26. The molecule has 7 heteroatoms. The third-order valence-electron chi connectivity index (χ3n) is 5.37. The molecule has 0 aromatic carbocycles. The van der Waals surface area contributed by atoms with Crippen LogP contribution < -0.4 is 10.6 Å². The molecule has 0 spiro atoms. The van der Waals surface area contributed by atoms with Gasteiger partial charge in [0.2, 0.25) is 0 Å². The normalized spacial score (nSPS) is 13.7. The Balaban J connectivity index is 1.70. The Morgan fingerprint density at radius 2 is 2.00 bits per heavy atom. The van der Waals surface area contributed by atoms with E-state index in [0.29, 0.717) is 22.8 Å². The standard InChI is InChI=1S/C22H27N3O2S2/c1-4-10-23-21(27)19-14-7-5-6-8-17(14)29-22(19)24-20(26)16-12-18-15(9-11-28-18)25(16)13(2)3/h9,11-13H,4-8,10H2,1-3H3,(H,23,27)(H,24,26). The third-order valence-corrected chi connectivity index (χ3v) is 7.43. The number of nitrogens with one attached hydrogen (secondary N) is 2. The van der Waals surface area contributed by atoms with Crippen molar-refractivity contribution in [3.05, 3.63) is 39.2 Å². The van der Waals surface area contributed by atoms with Crippen LogP contribution in [-0.2, 0) is 12.8 Å². The number of carbonyl (C=O) groups is 2. The fourth-order valence-electron chi connectivity index (χ4n) is 4.06. The number of fused-ring (bicyclic) bond motifs is 2. The van der Waals surface area contributed by atoms with Gasteiger partial charge in [0.1, 0.15) is 10.7 Å². The highest BCUT2D eigenvalue weighted by atomic mass is 32.1. The lowest BCUT2D eigenvalue weighted by molar-refractivity contribution is 0.0954. The largest absolute Gasteiger partial charge is 0.352 e. The van der Waals surface area contributed by atoms with Crippen molar-refractivity contribution < 1.29 is 9.59 Å². The number of aromatic nitrogens is 1. The molecule has 1 aliphatic rings. The van der Waals surface area contributed by atoms with Gasteiger partial charge in [-0.25, -0.2) is 0 Å². The molecule has 0 radical (unpaired) electrons. The first-order valence-corrected chi connectivity index (χ1v) is 12.0. The first kappa shape index (κ1) is 20.2. The van der Waals surface area contributed by atoms with Gasteiger partial charge < -0.3 is 15.2 Å². The lowest BCUT2D eigenvalue weighted by Gasteiger charge is -2.15. The minimum absolute atomic E-state index is 0.0678. The van der Waals surface area contributed by atoms with E-state index in [4.69, 9.17) is 0 Å². The van der Waals surface area contributed by atoms with Crippen molar-refractivity contribution in [1.82, 2.24) is 9.88 Å². The van der Waals surface area contributed by atoms with Crippen LogP contribution in [0.2, 0.25) is 0 Å².